The van der Waals surface area contributed by atoms with Gasteiger partial charge in [-0.15, -0.1) is 17.6 Å². The fraction of sp³-hybridized carbons (Fsp3) is 0.692. The summed E-state index contributed by atoms with van der Waals surface area (Å²) in [6.45, 7) is 2.99. The SMILES string of the molecule is CC(CCF)Cc1ccsc1.CCC(F)(F)F.FC(F)(F)F. The first kappa shape index (κ1) is 23.4. The van der Waals surface area contributed by atoms with Crippen molar-refractivity contribution in [3.63, 3.8) is 0 Å². The summed E-state index contributed by atoms with van der Waals surface area (Å²) < 4.78 is 83.0. The normalized spacial score (nSPS) is 12.6. The molecule has 1 rings (SSSR count). The Hall–Kier alpha value is -0.860. The first-order valence-corrected chi connectivity index (χ1v) is 7.22. The van der Waals surface area contributed by atoms with E-state index in [4.69, 9.17) is 0 Å². The fourth-order valence-electron chi connectivity index (χ4n) is 1.10. The van der Waals surface area contributed by atoms with Crippen molar-refractivity contribution in [3.05, 3.63) is 22.4 Å². The lowest BCUT2D eigenvalue weighted by molar-refractivity contribution is -0.237. The number of hydrogen-bond donors (Lipinski definition) is 0. The van der Waals surface area contributed by atoms with Crippen molar-refractivity contribution >= 4 is 11.3 Å². The van der Waals surface area contributed by atoms with Crippen LogP contribution in [0, 0.1) is 5.92 Å². The molecule has 0 amide bonds. The van der Waals surface area contributed by atoms with E-state index in [0.717, 1.165) is 13.3 Å². The highest BCUT2D eigenvalue weighted by Crippen LogP contribution is 2.17. The standard InChI is InChI=1S/C9H13FS.C3H5F3.CF4/c1-8(2-4-10)6-9-3-5-11-7-9;1-2-3(4,5)6;2-1(3,4)5/h3,5,7-8H,2,4,6H2,1H3;2H2,1H3;. The molecule has 0 spiro atoms. The first-order valence-electron chi connectivity index (χ1n) is 6.28. The maximum absolute atomic E-state index is 11.9. The Labute approximate surface area is 128 Å². The number of thiophene rings is 1. The fourth-order valence-corrected chi connectivity index (χ4v) is 1.78. The van der Waals surface area contributed by atoms with Gasteiger partial charge in [0.1, 0.15) is 0 Å². The summed E-state index contributed by atoms with van der Waals surface area (Å²) in [5.41, 5.74) is 1.34. The molecule has 0 radical (unpaired) electrons. The van der Waals surface area contributed by atoms with E-state index in [9.17, 15) is 35.1 Å². The van der Waals surface area contributed by atoms with Crippen molar-refractivity contribution in [2.45, 2.75) is 45.7 Å². The number of rotatable bonds is 4. The maximum Gasteiger partial charge on any atom is 0.559 e. The Morgan fingerprint density at radius 3 is 1.82 bits per heavy atom. The average Bonchev–Trinajstić information content (AvgIpc) is 2.79. The molecule has 0 saturated carbocycles. The van der Waals surface area contributed by atoms with E-state index < -0.39 is 19.0 Å². The zero-order valence-corrected chi connectivity index (χ0v) is 12.9. The van der Waals surface area contributed by atoms with E-state index in [2.05, 4.69) is 23.8 Å². The topological polar surface area (TPSA) is 0 Å². The van der Waals surface area contributed by atoms with Crippen LogP contribution < -0.4 is 0 Å². The van der Waals surface area contributed by atoms with E-state index in [-0.39, 0.29) is 6.67 Å². The van der Waals surface area contributed by atoms with Gasteiger partial charge in [-0.05, 0) is 41.1 Å². The van der Waals surface area contributed by atoms with Crippen LogP contribution in [0.4, 0.5) is 35.1 Å². The maximum atomic E-state index is 11.9. The first-order chi connectivity index (χ1) is 9.89. The molecule has 22 heavy (non-hydrogen) atoms. The zero-order chi connectivity index (χ0) is 17.8. The third-order valence-electron chi connectivity index (χ3n) is 2.17. The van der Waals surface area contributed by atoms with Gasteiger partial charge in [-0.1, -0.05) is 13.8 Å². The Kier molecular flexibility index (Phi) is 12.4. The highest BCUT2D eigenvalue weighted by molar-refractivity contribution is 7.07. The average molecular weight is 358 g/mol. The predicted octanol–water partition coefficient (Wildman–Crippen LogP) is 6.72. The van der Waals surface area contributed by atoms with Gasteiger partial charge in [0.2, 0.25) is 0 Å². The van der Waals surface area contributed by atoms with Crippen LogP contribution in [0.25, 0.3) is 0 Å². The van der Waals surface area contributed by atoms with Crippen LogP contribution in [-0.4, -0.2) is 19.3 Å². The molecule has 1 aromatic heterocycles. The van der Waals surface area contributed by atoms with Crippen molar-refractivity contribution in [2.24, 2.45) is 5.92 Å². The van der Waals surface area contributed by atoms with Crippen molar-refractivity contribution < 1.29 is 35.1 Å². The molecular formula is C13H18F8S. The largest absolute Gasteiger partial charge is 0.559 e. The highest BCUT2D eigenvalue weighted by atomic mass is 32.1. The minimum Gasteiger partial charge on any atom is -0.251 e. The molecule has 0 aliphatic heterocycles. The molecule has 0 fully saturated rings. The van der Waals surface area contributed by atoms with Gasteiger partial charge >= 0.3 is 12.6 Å². The molecule has 0 saturated heterocycles. The van der Waals surface area contributed by atoms with Gasteiger partial charge in [0.25, 0.3) is 0 Å². The minimum absolute atomic E-state index is 0.189. The van der Waals surface area contributed by atoms with Crippen LogP contribution in [0.15, 0.2) is 16.8 Å². The molecule has 0 aromatic carbocycles. The highest BCUT2D eigenvalue weighted by Gasteiger charge is 2.24. The van der Waals surface area contributed by atoms with Crippen LogP contribution in [-0.2, 0) is 6.42 Å². The van der Waals surface area contributed by atoms with Gasteiger partial charge in [-0.25, -0.2) is 0 Å². The van der Waals surface area contributed by atoms with E-state index in [1.54, 1.807) is 11.3 Å². The van der Waals surface area contributed by atoms with Gasteiger partial charge < -0.3 is 0 Å². The molecular weight excluding hydrogens is 340 g/mol. The molecule has 9 heteroatoms. The molecule has 1 atom stereocenters. The van der Waals surface area contributed by atoms with Crippen LogP contribution >= 0.6 is 11.3 Å². The number of alkyl halides is 8. The third kappa shape index (κ3) is 24.2. The second kappa shape index (κ2) is 11.7. The number of halogens is 8. The molecule has 1 aromatic rings. The second-order valence-corrected chi connectivity index (χ2v) is 5.10. The summed E-state index contributed by atoms with van der Waals surface area (Å²) in [7, 11) is 0. The van der Waals surface area contributed by atoms with Gasteiger partial charge in [-0.3, -0.25) is 4.39 Å². The zero-order valence-electron chi connectivity index (χ0n) is 12.1. The van der Waals surface area contributed by atoms with Crippen molar-refractivity contribution in [1.82, 2.24) is 0 Å². The number of hydrogen-bond acceptors (Lipinski definition) is 1. The van der Waals surface area contributed by atoms with E-state index in [1.165, 1.54) is 5.56 Å². The molecule has 1 unspecified atom stereocenters. The third-order valence-corrected chi connectivity index (χ3v) is 2.90. The van der Waals surface area contributed by atoms with Gasteiger partial charge in [0.05, 0.1) is 6.67 Å². The summed E-state index contributed by atoms with van der Waals surface area (Å²) in [6.07, 6.45) is -8.48. The summed E-state index contributed by atoms with van der Waals surface area (Å²) in [4.78, 5) is 0. The molecule has 132 valence electrons. The van der Waals surface area contributed by atoms with Crippen LogP contribution in [0.2, 0.25) is 0 Å². The summed E-state index contributed by atoms with van der Waals surface area (Å²) in [5.74, 6) is 0.481. The van der Waals surface area contributed by atoms with Crippen LogP contribution in [0.5, 0.6) is 0 Å². The van der Waals surface area contributed by atoms with Crippen molar-refractivity contribution in [2.75, 3.05) is 6.67 Å². The smallest absolute Gasteiger partial charge is 0.251 e. The molecule has 1 heterocycles. The Morgan fingerprint density at radius 2 is 1.55 bits per heavy atom. The van der Waals surface area contributed by atoms with Crippen molar-refractivity contribution in [3.8, 4) is 0 Å². The lowest BCUT2D eigenvalue weighted by Crippen LogP contribution is -2.02. The molecule has 0 aliphatic carbocycles. The van der Waals surface area contributed by atoms with E-state index >= 15 is 0 Å². The predicted molar refractivity (Wildman–Crippen MR) is 71.3 cm³/mol. The van der Waals surface area contributed by atoms with Gasteiger partial charge in [0.15, 0.2) is 0 Å². The summed E-state index contributed by atoms with van der Waals surface area (Å²) >= 11 is 1.71. The van der Waals surface area contributed by atoms with Crippen molar-refractivity contribution in [1.29, 1.82) is 0 Å². The molecule has 0 nitrogen and oxygen atoms in total. The lowest BCUT2D eigenvalue weighted by Gasteiger charge is -2.05. The second-order valence-electron chi connectivity index (χ2n) is 4.32. The quantitative estimate of drug-likeness (QED) is 0.524. The summed E-state index contributed by atoms with van der Waals surface area (Å²) in [6, 6.07) is 2.11. The van der Waals surface area contributed by atoms with E-state index in [1.807, 2.05) is 0 Å². The Balaban J connectivity index is 0. The Morgan fingerprint density at radius 1 is 1.09 bits per heavy atom. The molecule has 0 aliphatic rings. The van der Waals surface area contributed by atoms with Gasteiger partial charge in [-0.2, -0.15) is 24.5 Å². The lowest BCUT2D eigenvalue weighted by atomic mass is 10.0. The van der Waals surface area contributed by atoms with Gasteiger partial charge in [0, 0.05) is 6.42 Å². The Bertz CT molecular complexity index is 336. The summed E-state index contributed by atoms with van der Waals surface area (Å²) in [5, 5.41) is 4.20. The van der Waals surface area contributed by atoms with Crippen LogP contribution in [0.3, 0.4) is 0 Å². The van der Waals surface area contributed by atoms with Crippen LogP contribution in [0.1, 0.15) is 32.3 Å². The van der Waals surface area contributed by atoms with E-state index in [0.29, 0.717) is 12.3 Å². The monoisotopic (exact) mass is 358 g/mol. The molecule has 0 bridgehead atoms. The molecule has 0 N–H and O–H groups in total. The minimum atomic E-state index is -5.50.